The molecule has 0 aliphatic rings. The summed E-state index contributed by atoms with van der Waals surface area (Å²) in [5.74, 6) is 8.79. The molecule has 0 saturated heterocycles. The van der Waals surface area contributed by atoms with Crippen molar-refractivity contribution in [3.05, 3.63) is 45.7 Å². The van der Waals surface area contributed by atoms with Gasteiger partial charge in [-0.15, -0.1) is 0 Å². The van der Waals surface area contributed by atoms with Crippen LogP contribution in [0, 0.1) is 0 Å². The fourth-order valence-electron chi connectivity index (χ4n) is 1.77. The Morgan fingerprint density at radius 1 is 1.05 bits per heavy atom. The predicted molar refractivity (Wildman–Crippen MR) is 67.9 cm³/mol. The third-order valence-electron chi connectivity index (χ3n) is 2.67. The lowest BCUT2D eigenvalue weighted by molar-refractivity contribution is 0.0946. The highest BCUT2D eigenvalue weighted by Gasteiger charge is 2.15. The molecule has 0 aliphatic carbocycles. The van der Waals surface area contributed by atoms with Gasteiger partial charge in [-0.05, 0) is 12.1 Å². The normalized spacial score (nSPS) is 10.2. The van der Waals surface area contributed by atoms with Crippen LogP contribution < -0.4 is 28.0 Å². The summed E-state index contributed by atoms with van der Waals surface area (Å²) in [6, 6.07) is 4.52. The van der Waals surface area contributed by atoms with E-state index in [1.54, 1.807) is 0 Å². The molecule has 7 N–H and O–H groups in total. The molecule has 1 heterocycles. The monoisotopic (exact) mass is 261 g/mol. The van der Waals surface area contributed by atoms with Crippen molar-refractivity contribution in [2.45, 2.75) is 0 Å². The zero-order chi connectivity index (χ0) is 14.0. The predicted octanol–water partition coefficient (Wildman–Crippen LogP) is -1.26. The van der Waals surface area contributed by atoms with Crippen LogP contribution in [-0.4, -0.2) is 16.8 Å². The molecule has 0 saturated carbocycles. The molecule has 2 aromatic rings. The van der Waals surface area contributed by atoms with Crippen molar-refractivity contribution in [1.29, 1.82) is 0 Å². The second-order valence-corrected chi connectivity index (χ2v) is 3.71. The van der Waals surface area contributed by atoms with Gasteiger partial charge in [0, 0.05) is 11.6 Å². The number of carbonyl (C=O) groups excluding carboxylic acids is 2. The minimum atomic E-state index is -0.711. The number of nitrogens with two attached hydrogens (primary N) is 2. The molecule has 8 heteroatoms. The first-order chi connectivity index (χ1) is 9.10. The number of benzene rings is 1. The average molecular weight is 261 g/mol. The Balaban J connectivity index is 2.76. The molecule has 0 unspecified atom stereocenters. The summed E-state index contributed by atoms with van der Waals surface area (Å²) in [5.41, 5.74) is 3.70. The van der Waals surface area contributed by atoms with Crippen molar-refractivity contribution in [2.75, 3.05) is 0 Å². The van der Waals surface area contributed by atoms with Crippen molar-refractivity contribution in [2.24, 2.45) is 11.7 Å². The highest BCUT2D eigenvalue weighted by Crippen LogP contribution is 2.13. The van der Waals surface area contributed by atoms with E-state index < -0.39 is 17.2 Å². The standard InChI is InChI=1S/C11H11N5O3/c12-15-10(18)6-3-1-2-5-8(6)14-4-7(9(5)17)11(19)16-13/h1-4H,12-13H2,(H,14,17)(H,15,18)(H,16,19). The number of hydrogen-bond donors (Lipinski definition) is 5. The third-order valence-corrected chi connectivity index (χ3v) is 2.67. The number of para-hydroxylation sites is 1. The van der Waals surface area contributed by atoms with Crippen LogP contribution in [0.4, 0.5) is 0 Å². The lowest BCUT2D eigenvalue weighted by atomic mass is 10.1. The van der Waals surface area contributed by atoms with Crippen LogP contribution in [0.2, 0.25) is 0 Å². The highest BCUT2D eigenvalue weighted by atomic mass is 16.2. The van der Waals surface area contributed by atoms with Gasteiger partial charge in [-0.25, -0.2) is 11.7 Å². The minimum absolute atomic E-state index is 0.139. The Morgan fingerprint density at radius 3 is 2.32 bits per heavy atom. The van der Waals surface area contributed by atoms with Gasteiger partial charge in [0.25, 0.3) is 11.8 Å². The van der Waals surface area contributed by atoms with E-state index in [4.69, 9.17) is 11.7 Å². The minimum Gasteiger partial charge on any atom is -0.359 e. The van der Waals surface area contributed by atoms with E-state index in [9.17, 15) is 14.4 Å². The van der Waals surface area contributed by atoms with Gasteiger partial charge < -0.3 is 4.98 Å². The molecule has 1 aromatic carbocycles. The van der Waals surface area contributed by atoms with Crippen LogP contribution in [-0.2, 0) is 0 Å². The van der Waals surface area contributed by atoms with Gasteiger partial charge in [-0.1, -0.05) is 6.07 Å². The van der Waals surface area contributed by atoms with Gasteiger partial charge in [0.1, 0.15) is 5.56 Å². The first-order valence-corrected chi connectivity index (χ1v) is 5.26. The van der Waals surface area contributed by atoms with Crippen molar-refractivity contribution < 1.29 is 9.59 Å². The summed E-state index contributed by atoms with van der Waals surface area (Å²) < 4.78 is 0. The van der Waals surface area contributed by atoms with E-state index in [2.05, 4.69) is 4.98 Å². The number of carbonyl (C=O) groups is 2. The maximum absolute atomic E-state index is 12.1. The largest absolute Gasteiger partial charge is 0.359 e. The molecule has 0 radical (unpaired) electrons. The second-order valence-electron chi connectivity index (χ2n) is 3.71. The summed E-state index contributed by atoms with van der Waals surface area (Å²) in [4.78, 5) is 37.8. The lowest BCUT2D eigenvalue weighted by Crippen LogP contribution is -2.34. The molecule has 2 amide bonds. The number of nitrogen functional groups attached to an aromatic ring is 2. The Morgan fingerprint density at radius 2 is 1.68 bits per heavy atom. The summed E-state index contributed by atoms with van der Waals surface area (Å²) in [6.45, 7) is 0. The quantitative estimate of drug-likeness (QED) is 0.260. The number of hydrogen-bond acceptors (Lipinski definition) is 5. The van der Waals surface area contributed by atoms with Crippen LogP contribution in [0.1, 0.15) is 20.7 Å². The van der Waals surface area contributed by atoms with Gasteiger partial charge in [-0.2, -0.15) is 0 Å². The average Bonchev–Trinajstić information content (AvgIpc) is 2.45. The first kappa shape index (κ1) is 12.7. The Hall–Kier alpha value is -2.71. The topological polar surface area (TPSA) is 143 Å². The van der Waals surface area contributed by atoms with E-state index in [1.807, 2.05) is 10.9 Å². The maximum Gasteiger partial charge on any atom is 0.270 e. The first-order valence-electron chi connectivity index (χ1n) is 5.26. The van der Waals surface area contributed by atoms with E-state index in [0.29, 0.717) is 5.52 Å². The number of aromatic nitrogens is 1. The smallest absolute Gasteiger partial charge is 0.270 e. The molecule has 98 valence electrons. The molecule has 8 nitrogen and oxygen atoms in total. The van der Waals surface area contributed by atoms with Crippen LogP contribution in [0.3, 0.4) is 0 Å². The Bertz CT molecular complexity index is 722. The number of fused-ring (bicyclic) bond motifs is 1. The van der Waals surface area contributed by atoms with Crippen molar-refractivity contribution in [3.8, 4) is 0 Å². The number of pyridine rings is 1. The van der Waals surface area contributed by atoms with E-state index in [0.717, 1.165) is 0 Å². The lowest BCUT2D eigenvalue weighted by Gasteiger charge is -2.06. The summed E-state index contributed by atoms with van der Waals surface area (Å²) in [5, 5.41) is 0.196. The highest BCUT2D eigenvalue weighted by molar-refractivity contribution is 6.06. The summed E-state index contributed by atoms with van der Waals surface area (Å²) in [6.07, 6.45) is 1.19. The molecule has 0 bridgehead atoms. The van der Waals surface area contributed by atoms with Crippen LogP contribution in [0.5, 0.6) is 0 Å². The van der Waals surface area contributed by atoms with Crippen LogP contribution >= 0.6 is 0 Å². The van der Waals surface area contributed by atoms with Crippen molar-refractivity contribution in [1.82, 2.24) is 15.8 Å². The van der Waals surface area contributed by atoms with Crippen LogP contribution in [0.25, 0.3) is 10.9 Å². The molecule has 0 fully saturated rings. The zero-order valence-corrected chi connectivity index (χ0v) is 9.69. The number of amides is 2. The Labute approximate surface area is 106 Å². The molecular weight excluding hydrogens is 250 g/mol. The van der Waals surface area contributed by atoms with Gasteiger partial charge in [0.2, 0.25) is 5.43 Å². The number of nitrogens with one attached hydrogen (secondary N) is 3. The number of H-pyrrole nitrogens is 1. The molecule has 2 rings (SSSR count). The van der Waals surface area contributed by atoms with E-state index in [-0.39, 0.29) is 16.5 Å². The summed E-state index contributed by atoms with van der Waals surface area (Å²) in [7, 11) is 0. The molecule has 0 atom stereocenters. The van der Waals surface area contributed by atoms with Crippen LogP contribution in [0.15, 0.2) is 29.2 Å². The number of aromatic amines is 1. The summed E-state index contributed by atoms with van der Waals surface area (Å²) >= 11 is 0. The third kappa shape index (κ3) is 2.05. The molecule has 19 heavy (non-hydrogen) atoms. The Kier molecular flexibility index (Phi) is 3.27. The number of rotatable bonds is 2. The molecule has 1 aromatic heterocycles. The van der Waals surface area contributed by atoms with Gasteiger partial charge in [0.05, 0.1) is 11.1 Å². The molecular formula is C11H11N5O3. The van der Waals surface area contributed by atoms with Gasteiger partial charge >= 0.3 is 0 Å². The van der Waals surface area contributed by atoms with Crippen molar-refractivity contribution in [3.63, 3.8) is 0 Å². The molecule has 0 spiro atoms. The second kappa shape index (κ2) is 4.88. The zero-order valence-electron chi connectivity index (χ0n) is 9.69. The van der Waals surface area contributed by atoms with Crippen molar-refractivity contribution >= 4 is 22.7 Å². The van der Waals surface area contributed by atoms with Gasteiger partial charge in [-0.3, -0.25) is 25.2 Å². The SMILES string of the molecule is NNC(=O)c1c[nH]c2c(C(=O)NN)cccc2c1=O. The van der Waals surface area contributed by atoms with Gasteiger partial charge in [0.15, 0.2) is 0 Å². The van der Waals surface area contributed by atoms with E-state index >= 15 is 0 Å². The van der Waals surface area contributed by atoms with E-state index in [1.165, 1.54) is 24.4 Å². The fourth-order valence-corrected chi connectivity index (χ4v) is 1.77. The maximum atomic E-state index is 12.1. The molecule has 0 aliphatic heterocycles. The number of hydrazine groups is 2. The fraction of sp³-hybridized carbons (Fsp3) is 0.